The van der Waals surface area contributed by atoms with E-state index in [0.29, 0.717) is 17.9 Å². The normalized spacial score (nSPS) is 32.9. The van der Waals surface area contributed by atoms with Crippen molar-refractivity contribution in [3.8, 4) is 0 Å². The molecule has 1 heterocycles. The molecule has 2 saturated carbocycles. The Bertz CT molecular complexity index is 321. The van der Waals surface area contributed by atoms with E-state index in [1.807, 2.05) is 0 Å². The van der Waals surface area contributed by atoms with Crippen LogP contribution in [0.15, 0.2) is 0 Å². The van der Waals surface area contributed by atoms with Crippen LogP contribution in [0.25, 0.3) is 0 Å². The summed E-state index contributed by atoms with van der Waals surface area (Å²) in [6, 6.07) is 0.617. The van der Waals surface area contributed by atoms with Crippen molar-refractivity contribution in [1.82, 2.24) is 10.2 Å². The topological polar surface area (TPSA) is 32.3 Å². The Morgan fingerprint density at radius 2 is 1.78 bits per heavy atom. The highest BCUT2D eigenvalue weighted by molar-refractivity contribution is 5.84. The molecular formula is C15H26N2O. The summed E-state index contributed by atoms with van der Waals surface area (Å²) in [6.45, 7) is 6.57. The second kappa shape index (κ2) is 4.52. The maximum atomic E-state index is 12.6. The number of nitrogens with zero attached hydrogens (tertiary/aromatic N) is 1. The fraction of sp³-hybridized carbons (Fsp3) is 0.933. The van der Waals surface area contributed by atoms with Crippen LogP contribution in [0.1, 0.15) is 52.9 Å². The van der Waals surface area contributed by atoms with Crippen LogP contribution in [-0.4, -0.2) is 29.1 Å². The minimum Gasteiger partial charge on any atom is -0.322 e. The van der Waals surface area contributed by atoms with Gasteiger partial charge in [-0.25, -0.2) is 0 Å². The van der Waals surface area contributed by atoms with E-state index in [4.69, 9.17) is 0 Å². The van der Waals surface area contributed by atoms with E-state index >= 15 is 0 Å². The zero-order valence-corrected chi connectivity index (χ0v) is 11.9. The molecular weight excluding hydrogens is 224 g/mol. The lowest BCUT2D eigenvalue weighted by atomic mass is 10.0. The maximum Gasteiger partial charge on any atom is 0.241 e. The molecule has 0 aromatic rings. The summed E-state index contributed by atoms with van der Waals surface area (Å²) in [4.78, 5) is 14.9. The van der Waals surface area contributed by atoms with Crippen LogP contribution >= 0.6 is 0 Å². The molecule has 18 heavy (non-hydrogen) atoms. The standard InChI is InChI=1S/C15H26N2O/c1-4-12-15(18)17(14(16-12)9(2)3)13(10-5-6-10)11-7-8-11/h9-14,16H,4-8H2,1-3H3. The summed E-state index contributed by atoms with van der Waals surface area (Å²) in [7, 11) is 0. The minimum atomic E-state index is 0.0670. The third-order valence-electron chi connectivity index (χ3n) is 4.80. The number of amides is 1. The number of hydrogen-bond donors (Lipinski definition) is 1. The van der Waals surface area contributed by atoms with Gasteiger partial charge in [-0.2, -0.15) is 0 Å². The lowest BCUT2D eigenvalue weighted by Crippen LogP contribution is -2.49. The van der Waals surface area contributed by atoms with E-state index < -0.39 is 0 Å². The van der Waals surface area contributed by atoms with Crippen LogP contribution in [0.2, 0.25) is 0 Å². The van der Waals surface area contributed by atoms with E-state index in [9.17, 15) is 4.79 Å². The molecule has 3 aliphatic rings. The van der Waals surface area contributed by atoms with Crippen molar-refractivity contribution in [1.29, 1.82) is 0 Å². The van der Waals surface area contributed by atoms with Gasteiger partial charge in [-0.1, -0.05) is 20.8 Å². The lowest BCUT2D eigenvalue weighted by molar-refractivity contribution is -0.134. The van der Waals surface area contributed by atoms with Gasteiger partial charge in [0.2, 0.25) is 5.91 Å². The number of rotatable bonds is 5. The smallest absolute Gasteiger partial charge is 0.241 e. The molecule has 3 fully saturated rings. The fourth-order valence-corrected chi connectivity index (χ4v) is 3.53. The summed E-state index contributed by atoms with van der Waals surface area (Å²) in [6.07, 6.45) is 6.55. The first-order valence-electron chi connectivity index (χ1n) is 7.71. The first-order valence-corrected chi connectivity index (χ1v) is 7.71. The molecule has 2 aliphatic carbocycles. The molecule has 0 aromatic heterocycles. The molecule has 0 aromatic carbocycles. The molecule has 1 saturated heterocycles. The SMILES string of the molecule is CCC1NC(C(C)C)N(C(C2CC2)C2CC2)C1=O. The maximum absolute atomic E-state index is 12.6. The molecule has 3 heteroatoms. The Hall–Kier alpha value is -0.570. The predicted molar refractivity (Wildman–Crippen MR) is 71.9 cm³/mol. The van der Waals surface area contributed by atoms with Gasteiger partial charge in [0, 0.05) is 6.04 Å². The zero-order chi connectivity index (χ0) is 12.9. The van der Waals surface area contributed by atoms with Crippen molar-refractivity contribution in [3.05, 3.63) is 0 Å². The second-order valence-electron chi connectivity index (χ2n) is 6.73. The van der Waals surface area contributed by atoms with Crippen molar-refractivity contribution in [2.75, 3.05) is 0 Å². The van der Waals surface area contributed by atoms with Gasteiger partial charge in [0.1, 0.15) is 0 Å². The molecule has 0 spiro atoms. The fourth-order valence-electron chi connectivity index (χ4n) is 3.53. The number of carbonyl (C=O) groups excluding carboxylic acids is 1. The Labute approximate surface area is 110 Å². The van der Waals surface area contributed by atoms with Gasteiger partial charge in [-0.05, 0) is 49.9 Å². The quantitative estimate of drug-likeness (QED) is 0.812. The molecule has 2 atom stereocenters. The molecule has 1 amide bonds. The number of carbonyl (C=O) groups is 1. The summed E-state index contributed by atoms with van der Waals surface area (Å²) >= 11 is 0. The van der Waals surface area contributed by atoms with Crippen LogP contribution in [-0.2, 0) is 4.79 Å². The van der Waals surface area contributed by atoms with Crippen LogP contribution in [0.3, 0.4) is 0 Å². The third kappa shape index (κ3) is 2.07. The van der Waals surface area contributed by atoms with Crippen LogP contribution in [0.4, 0.5) is 0 Å². The number of hydrogen-bond acceptors (Lipinski definition) is 2. The van der Waals surface area contributed by atoms with Gasteiger partial charge in [-0.3, -0.25) is 10.1 Å². The van der Waals surface area contributed by atoms with Crippen LogP contribution in [0, 0.1) is 17.8 Å². The van der Waals surface area contributed by atoms with Crippen LogP contribution < -0.4 is 5.32 Å². The van der Waals surface area contributed by atoms with E-state index in [1.54, 1.807) is 0 Å². The van der Waals surface area contributed by atoms with Gasteiger partial charge in [-0.15, -0.1) is 0 Å². The van der Waals surface area contributed by atoms with Crippen LogP contribution in [0.5, 0.6) is 0 Å². The molecule has 1 aliphatic heterocycles. The van der Waals surface area contributed by atoms with Crippen molar-refractivity contribution >= 4 is 5.91 Å². The summed E-state index contributed by atoms with van der Waals surface area (Å²) in [5.41, 5.74) is 0. The Morgan fingerprint density at radius 3 is 2.17 bits per heavy atom. The van der Waals surface area contributed by atoms with E-state index in [-0.39, 0.29) is 12.2 Å². The molecule has 0 bridgehead atoms. The van der Waals surface area contributed by atoms with Gasteiger partial charge < -0.3 is 4.90 Å². The van der Waals surface area contributed by atoms with Crippen molar-refractivity contribution < 1.29 is 4.79 Å². The van der Waals surface area contributed by atoms with Gasteiger partial charge in [0.15, 0.2) is 0 Å². The molecule has 102 valence electrons. The predicted octanol–water partition coefficient (Wildman–Crippen LogP) is 2.37. The first-order chi connectivity index (χ1) is 8.63. The number of nitrogens with one attached hydrogen (secondary N) is 1. The molecule has 3 rings (SSSR count). The van der Waals surface area contributed by atoms with Gasteiger partial charge in [0.05, 0.1) is 12.2 Å². The monoisotopic (exact) mass is 250 g/mol. The van der Waals surface area contributed by atoms with Gasteiger partial charge in [0.25, 0.3) is 0 Å². The van der Waals surface area contributed by atoms with Crippen molar-refractivity contribution in [2.45, 2.75) is 71.1 Å². The van der Waals surface area contributed by atoms with Crippen molar-refractivity contribution in [2.24, 2.45) is 17.8 Å². The van der Waals surface area contributed by atoms with E-state index in [1.165, 1.54) is 25.7 Å². The average molecular weight is 250 g/mol. The molecule has 1 N–H and O–H groups in total. The highest BCUT2D eigenvalue weighted by Gasteiger charge is 2.52. The summed E-state index contributed by atoms with van der Waals surface area (Å²) in [5, 5.41) is 3.56. The van der Waals surface area contributed by atoms with Gasteiger partial charge >= 0.3 is 0 Å². The Balaban J connectivity index is 1.83. The molecule has 0 radical (unpaired) electrons. The Kier molecular flexibility index (Phi) is 3.13. The second-order valence-corrected chi connectivity index (χ2v) is 6.73. The summed E-state index contributed by atoms with van der Waals surface area (Å²) in [5.74, 6) is 2.49. The van der Waals surface area contributed by atoms with E-state index in [0.717, 1.165) is 18.3 Å². The molecule has 2 unspecified atom stereocenters. The highest BCUT2D eigenvalue weighted by atomic mass is 16.2. The average Bonchev–Trinajstić information content (AvgIpc) is 3.21. The molecule has 3 nitrogen and oxygen atoms in total. The largest absolute Gasteiger partial charge is 0.322 e. The summed E-state index contributed by atoms with van der Waals surface area (Å²) < 4.78 is 0. The minimum absolute atomic E-state index is 0.0670. The Morgan fingerprint density at radius 1 is 1.22 bits per heavy atom. The zero-order valence-electron chi connectivity index (χ0n) is 11.9. The first kappa shape index (κ1) is 12.5. The lowest BCUT2D eigenvalue weighted by Gasteiger charge is -2.35. The van der Waals surface area contributed by atoms with E-state index in [2.05, 4.69) is 31.0 Å². The van der Waals surface area contributed by atoms with Crippen molar-refractivity contribution in [3.63, 3.8) is 0 Å². The third-order valence-corrected chi connectivity index (χ3v) is 4.80. The highest BCUT2D eigenvalue weighted by Crippen LogP contribution is 2.48.